The van der Waals surface area contributed by atoms with E-state index in [1.54, 1.807) is 11.3 Å². The predicted octanol–water partition coefficient (Wildman–Crippen LogP) is 3.23. The van der Waals surface area contributed by atoms with Gasteiger partial charge in [0.2, 0.25) is 0 Å². The number of likely N-dealkylation sites (N-methyl/N-ethyl adjacent to an activating group) is 1. The molecule has 6 heteroatoms. The Bertz CT molecular complexity index is 494. The highest BCUT2D eigenvalue weighted by atomic mass is 32.1. The number of nitrogens with zero attached hydrogens (tertiary/aromatic N) is 1. The fourth-order valence-corrected chi connectivity index (χ4v) is 3.08. The SMILES string of the molecule is CN(C)C(CNC(=O)Nc1cccs1)c1ccsc1. The third-order valence-electron chi connectivity index (χ3n) is 2.77. The lowest BCUT2D eigenvalue weighted by Crippen LogP contribution is -2.36. The summed E-state index contributed by atoms with van der Waals surface area (Å²) in [6.45, 7) is 0.584. The van der Waals surface area contributed by atoms with E-state index in [4.69, 9.17) is 0 Å². The average molecular weight is 295 g/mol. The van der Waals surface area contributed by atoms with Gasteiger partial charge in [0, 0.05) is 6.54 Å². The molecule has 2 aromatic rings. The number of amides is 2. The van der Waals surface area contributed by atoms with Gasteiger partial charge in [-0.05, 0) is 54.0 Å². The summed E-state index contributed by atoms with van der Waals surface area (Å²) in [5.74, 6) is 0. The molecule has 2 amide bonds. The lowest BCUT2D eigenvalue weighted by molar-refractivity contribution is 0.243. The van der Waals surface area contributed by atoms with Gasteiger partial charge in [-0.2, -0.15) is 11.3 Å². The lowest BCUT2D eigenvalue weighted by atomic mass is 10.1. The summed E-state index contributed by atoms with van der Waals surface area (Å²) in [5, 5.41) is 12.7. The number of thiophene rings is 2. The van der Waals surface area contributed by atoms with Crippen molar-refractivity contribution in [3.8, 4) is 0 Å². The Balaban J connectivity index is 1.87. The standard InChI is InChI=1S/C13H17N3OS2/c1-16(2)11(10-5-7-18-9-10)8-14-13(17)15-12-4-3-6-19-12/h3-7,9,11H,8H2,1-2H3,(H2,14,15,17). The number of urea groups is 1. The molecule has 1 atom stereocenters. The largest absolute Gasteiger partial charge is 0.336 e. The van der Waals surface area contributed by atoms with Gasteiger partial charge in [0.05, 0.1) is 11.0 Å². The van der Waals surface area contributed by atoms with E-state index in [2.05, 4.69) is 32.4 Å². The summed E-state index contributed by atoms with van der Waals surface area (Å²) < 4.78 is 0. The molecule has 0 aliphatic carbocycles. The fourth-order valence-electron chi connectivity index (χ4n) is 1.76. The van der Waals surface area contributed by atoms with Crippen molar-refractivity contribution < 1.29 is 4.79 Å². The molecule has 0 bridgehead atoms. The van der Waals surface area contributed by atoms with Crippen molar-refractivity contribution in [1.29, 1.82) is 0 Å². The first-order valence-corrected chi connectivity index (χ1v) is 7.76. The van der Waals surface area contributed by atoms with Gasteiger partial charge >= 0.3 is 6.03 Å². The van der Waals surface area contributed by atoms with E-state index in [0.717, 1.165) is 5.00 Å². The number of anilines is 1. The van der Waals surface area contributed by atoms with Crippen LogP contribution in [-0.2, 0) is 0 Å². The summed E-state index contributed by atoms with van der Waals surface area (Å²) in [6, 6.07) is 5.92. The number of rotatable bonds is 5. The van der Waals surface area contributed by atoms with E-state index >= 15 is 0 Å². The molecule has 102 valence electrons. The summed E-state index contributed by atoms with van der Waals surface area (Å²) in [4.78, 5) is 13.9. The predicted molar refractivity (Wildman–Crippen MR) is 82.1 cm³/mol. The summed E-state index contributed by atoms with van der Waals surface area (Å²) in [6.07, 6.45) is 0. The van der Waals surface area contributed by atoms with Gasteiger partial charge in [-0.3, -0.25) is 5.32 Å². The van der Waals surface area contributed by atoms with E-state index < -0.39 is 0 Å². The number of carbonyl (C=O) groups excluding carboxylic acids is 1. The summed E-state index contributed by atoms with van der Waals surface area (Å²) >= 11 is 3.18. The van der Waals surface area contributed by atoms with Gasteiger partial charge in [-0.1, -0.05) is 0 Å². The maximum Gasteiger partial charge on any atom is 0.319 e. The minimum Gasteiger partial charge on any atom is -0.336 e. The molecular weight excluding hydrogens is 278 g/mol. The Morgan fingerprint density at radius 1 is 1.37 bits per heavy atom. The minimum absolute atomic E-state index is 0.162. The zero-order valence-corrected chi connectivity index (χ0v) is 12.6. The number of hydrogen-bond donors (Lipinski definition) is 2. The van der Waals surface area contributed by atoms with Crippen LogP contribution in [0.3, 0.4) is 0 Å². The van der Waals surface area contributed by atoms with Gasteiger partial charge in [-0.25, -0.2) is 4.79 Å². The molecule has 0 spiro atoms. The third kappa shape index (κ3) is 4.05. The molecule has 0 aromatic carbocycles. The second-order valence-electron chi connectivity index (χ2n) is 4.35. The van der Waals surface area contributed by atoms with Crippen LogP contribution in [0, 0.1) is 0 Å². The fraction of sp³-hybridized carbons (Fsp3) is 0.308. The van der Waals surface area contributed by atoms with Crippen LogP contribution >= 0.6 is 22.7 Å². The molecule has 2 rings (SSSR count). The van der Waals surface area contributed by atoms with Crippen LogP contribution in [0.5, 0.6) is 0 Å². The Morgan fingerprint density at radius 3 is 2.79 bits per heavy atom. The van der Waals surface area contributed by atoms with Crippen molar-refractivity contribution in [3.63, 3.8) is 0 Å². The summed E-state index contributed by atoms with van der Waals surface area (Å²) in [7, 11) is 4.03. The normalized spacial score (nSPS) is 12.4. The average Bonchev–Trinajstić information content (AvgIpc) is 3.01. The molecule has 2 aromatic heterocycles. The van der Waals surface area contributed by atoms with Crippen LogP contribution in [0.25, 0.3) is 0 Å². The van der Waals surface area contributed by atoms with Gasteiger partial charge in [0.25, 0.3) is 0 Å². The third-order valence-corrected chi connectivity index (χ3v) is 4.25. The lowest BCUT2D eigenvalue weighted by Gasteiger charge is -2.23. The molecule has 2 heterocycles. The van der Waals surface area contributed by atoms with E-state index in [-0.39, 0.29) is 12.1 Å². The quantitative estimate of drug-likeness (QED) is 0.889. The van der Waals surface area contributed by atoms with Crippen LogP contribution in [0.4, 0.5) is 9.80 Å². The maximum atomic E-state index is 11.8. The van der Waals surface area contributed by atoms with Crippen LogP contribution < -0.4 is 10.6 Å². The Kier molecular flexibility index (Phi) is 4.95. The molecule has 0 aliphatic heterocycles. The maximum absolute atomic E-state index is 11.8. The van der Waals surface area contributed by atoms with Crippen LogP contribution in [0.2, 0.25) is 0 Å². The smallest absolute Gasteiger partial charge is 0.319 e. The summed E-state index contributed by atoms with van der Waals surface area (Å²) in [5.41, 5.74) is 1.23. The Labute approximate surface area is 121 Å². The highest BCUT2D eigenvalue weighted by molar-refractivity contribution is 7.14. The Hall–Kier alpha value is -1.37. The van der Waals surface area contributed by atoms with Gasteiger partial charge in [0.1, 0.15) is 0 Å². The Morgan fingerprint density at radius 2 is 2.21 bits per heavy atom. The van der Waals surface area contributed by atoms with Crippen molar-refractivity contribution in [1.82, 2.24) is 10.2 Å². The molecule has 4 nitrogen and oxygen atoms in total. The van der Waals surface area contributed by atoms with Crippen LogP contribution in [-0.4, -0.2) is 31.6 Å². The molecule has 1 unspecified atom stereocenters. The second kappa shape index (κ2) is 6.70. The molecule has 0 aliphatic rings. The van der Waals surface area contributed by atoms with E-state index in [1.165, 1.54) is 16.9 Å². The zero-order chi connectivity index (χ0) is 13.7. The van der Waals surface area contributed by atoms with E-state index in [1.807, 2.05) is 31.6 Å². The van der Waals surface area contributed by atoms with Crippen LogP contribution in [0.1, 0.15) is 11.6 Å². The molecule has 0 fully saturated rings. The number of hydrogen-bond acceptors (Lipinski definition) is 4. The van der Waals surface area contributed by atoms with Crippen molar-refractivity contribution in [2.24, 2.45) is 0 Å². The molecule has 19 heavy (non-hydrogen) atoms. The van der Waals surface area contributed by atoms with Gasteiger partial charge in [-0.15, -0.1) is 11.3 Å². The topological polar surface area (TPSA) is 44.4 Å². The first-order valence-electron chi connectivity index (χ1n) is 5.93. The van der Waals surface area contributed by atoms with Gasteiger partial charge in [0.15, 0.2) is 0 Å². The van der Waals surface area contributed by atoms with E-state index in [0.29, 0.717) is 6.54 Å². The van der Waals surface area contributed by atoms with Gasteiger partial charge < -0.3 is 10.2 Å². The van der Waals surface area contributed by atoms with Crippen molar-refractivity contribution in [2.45, 2.75) is 6.04 Å². The molecular formula is C13H17N3OS2. The van der Waals surface area contributed by atoms with Crippen molar-refractivity contribution >= 4 is 33.7 Å². The first-order chi connectivity index (χ1) is 9.16. The molecule has 0 saturated carbocycles. The first kappa shape index (κ1) is 14.0. The van der Waals surface area contributed by atoms with Crippen LogP contribution in [0.15, 0.2) is 34.3 Å². The van der Waals surface area contributed by atoms with Crippen molar-refractivity contribution in [3.05, 3.63) is 39.9 Å². The van der Waals surface area contributed by atoms with E-state index in [9.17, 15) is 4.79 Å². The molecule has 2 N–H and O–H groups in total. The zero-order valence-electron chi connectivity index (χ0n) is 10.9. The second-order valence-corrected chi connectivity index (χ2v) is 6.08. The molecule has 0 radical (unpaired) electrons. The monoisotopic (exact) mass is 295 g/mol. The minimum atomic E-state index is -0.162. The number of carbonyl (C=O) groups is 1. The highest BCUT2D eigenvalue weighted by Gasteiger charge is 2.15. The highest BCUT2D eigenvalue weighted by Crippen LogP contribution is 2.20. The van der Waals surface area contributed by atoms with Crippen molar-refractivity contribution in [2.75, 3.05) is 26.0 Å². The number of nitrogens with one attached hydrogen (secondary N) is 2. The molecule has 0 saturated heterocycles.